The standard InChI is InChI=1S/C13H15NO/c1-15-9-6-7-11-10-4-2-3-5-12(10)14-13(11)8-9/h2-5,9,14H,6-8H2,1H3. The maximum atomic E-state index is 5.42. The van der Waals surface area contributed by atoms with Crippen molar-refractivity contribution in [2.75, 3.05) is 7.11 Å². The third kappa shape index (κ3) is 1.37. The lowest BCUT2D eigenvalue weighted by Gasteiger charge is -2.20. The minimum Gasteiger partial charge on any atom is -0.381 e. The van der Waals surface area contributed by atoms with Crippen molar-refractivity contribution in [1.82, 2.24) is 4.98 Å². The molecule has 0 radical (unpaired) electrons. The van der Waals surface area contributed by atoms with Gasteiger partial charge in [-0.3, -0.25) is 0 Å². The highest BCUT2D eigenvalue weighted by atomic mass is 16.5. The van der Waals surface area contributed by atoms with Gasteiger partial charge < -0.3 is 9.72 Å². The zero-order valence-electron chi connectivity index (χ0n) is 8.92. The zero-order valence-corrected chi connectivity index (χ0v) is 8.92. The molecule has 1 atom stereocenters. The summed E-state index contributed by atoms with van der Waals surface area (Å²) in [4.78, 5) is 3.50. The number of methoxy groups -OCH3 is 1. The van der Waals surface area contributed by atoms with Crippen LogP contribution in [0.2, 0.25) is 0 Å². The molecule has 0 saturated carbocycles. The average Bonchev–Trinajstić information content (AvgIpc) is 2.66. The molecule has 3 rings (SSSR count). The van der Waals surface area contributed by atoms with E-state index in [0.29, 0.717) is 6.10 Å². The highest BCUT2D eigenvalue weighted by molar-refractivity contribution is 5.84. The van der Waals surface area contributed by atoms with Crippen LogP contribution in [0.25, 0.3) is 10.9 Å². The Morgan fingerprint density at radius 2 is 2.20 bits per heavy atom. The van der Waals surface area contributed by atoms with Crippen molar-refractivity contribution in [2.45, 2.75) is 25.4 Å². The first-order valence-electron chi connectivity index (χ1n) is 5.49. The quantitative estimate of drug-likeness (QED) is 0.754. The highest BCUT2D eigenvalue weighted by Crippen LogP contribution is 2.29. The largest absolute Gasteiger partial charge is 0.381 e. The van der Waals surface area contributed by atoms with Crippen LogP contribution in [0.1, 0.15) is 17.7 Å². The van der Waals surface area contributed by atoms with Crippen LogP contribution in [0, 0.1) is 0 Å². The molecule has 0 aliphatic heterocycles. The predicted octanol–water partition coefficient (Wildman–Crippen LogP) is 2.67. The van der Waals surface area contributed by atoms with Crippen LogP contribution in [0.3, 0.4) is 0 Å². The first kappa shape index (κ1) is 8.98. The summed E-state index contributed by atoms with van der Waals surface area (Å²) < 4.78 is 5.42. The van der Waals surface area contributed by atoms with E-state index in [1.807, 2.05) is 0 Å². The Kier molecular flexibility index (Phi) is 2.03. The van der Waals surface area contributed by atoms with E-state index in [4.69, 9.17) is 4.74 Å². The molecule has 1 aliphatic carbocycles. The molecule has 2 nitrogen and oxygen atoms in total. The summed E-state index contributed by atoms with van der Waals surface area (Å²) in [5, 5.41) is 1.39. The second-order valence-corrected chi connectivity index (χ2v) is 4.23. The van der Waals surface area contributed by atoms with E-state index in [9.17, 15) is 0 Å². The molecular formula is C13H15NO. The van der Waals surface area contributed by atoms with Gasteiger partial charge in [0.2, 0.25) is 0 Å². The summed E-state index contributed by atoms with van der Waals surface area (Å²) in [6, 6.07) is 8.55. The van der Waals surface area contributed by atoms with Crippen LogP contribution in [-0.2, 0) is 17.6 Å². The number of aromatic amines is 1. The molecular weight excluding hydrogens is 186 g/mol. The van der Waals surface area contributed by atoms with Gasteiger partial charge in [0.15, 0.2) is 0 Å². The van der Waals surface area contributed by atoms with Crippen molar-refractivity contribution in [3.8, 4) is 0 Å². The molecule has 1 N–H and O–H groups in total. The minimum atomic E-state index is 0.394. The number of hydrogen-bond acceptors (Lipinski definition) is 1. The lowest BCUT2D eigenvalue weighted by molar-refractivity contribution is 0.0905. The number of hydrogen-bond donors (Lipinski definition) is 1. The first-order chi connectivity index (χ1) is 7.38. The van der Waals surface area contributed by atoms with E-state index in [2.05, 4.69) is 29.2 Å². The monoisotopic (exact) mass is 201 g/mol. The van der Waals surface area contributed by atoms with Gasteiger partial charge in [0.1, 0.15) is 0 Å². The molecule has 1 aliphatic rings. The molecule has 1 heterocycles. The number of aryl methyl sites for hydroxylation is 1. The van der Waals surface area contributed by atoms with Gasteiger partial charge in [0.25, 0.3) is 0 Å². The van der Waals surface area contributed by atoms with Crippen molar-refractivity contribution in [1.29, 1.82) is 0 Å². The number of fused-ring (bicyclic) bond motifs is 3. The number of nitrogens with one attached hydrogen (secondary N) is 1. The molecule has 0 bridgehead atoms. The molecule has 1 aromatic heterocycles. The SMILES string of the molecule is COC1CCc2c([nH]c3ccccc23)C1. The van der Waals surface area contributed by atoms with Gasteiger partial charge >= 0.3 is 0 Å². The summed E-state index contributed by atoms with van der Waals surface area (Å²) in [5.41, 5.74) is 4.13. The topological polar surface area (TPSA) is 25.0 Å². The zero-order chi connectivity index (χ0) is 10.3. The van der Waals surface area contributed by atoms with E-state index >= 15 is 0 Å². The van der Waals surface area contributed by atoms with Gasteiger partial charge in [0.05, 0.1) is 6.10 Å². The van der Waals surface area contributed by atoms with Crippen LogP contribution in [0.4, 0.5) is 0 Å². The number of H-pyrrole nitrogens is 1. The number of para-hydroxylation sites is 1. The van der Waals surface area contributed by atoms with Gasteiger partial charge in [-0.1, -0.05) is 18.2 Å². The smallest absolute Gasteiger partial charge is 0.0629 e. The van der Waals surface area contributed by atoms with Gasteiger partial charge in [0, 0.05) is 30.1 Å². The lowest BCUT2D eigenvalue weighted by atomic mass is 9.93. The van der Waals surface area contributed by atoms with Gasteiger partial charge in [-0.05, 0) is 24.5 Å². The summed E-state index contributed by atoms with van der Waals surface area (Å²) in [7, 11) is 1.80. The Bertz CT molecular complexity index is 486. The second kappa shape index (κ2) is 3.38. The number of benzene rings is 1. The van der Waals surface area contributed by atoms with Gasteiger partial charge in [-0.15, -0.1) is 0 Å². The van der Waals surface area contributed by atoms with Crippen LogP contribution in [0.5, 0.6) is 0 Å². The van der Waals surface area contributed by atoms with Crippen molar-refractivity contribution < 1.29 is 4.74 Å². The Balaban J connectivity index is 2.12. The van der Waals surface area contributed by atoms with E-state index in [1.165, 1.54) is 22.2 Å². The third-order valence-electron chi connectivity index (χ3n) is 3.38. The molecule has 0 spiro atoms. The number of ether oxygens (including phenoxy) is 1. The van der Waals surface area contributed by atoms with Crippen LogP contribution >= 0.6 is 0 Å². The van der Waals surface area contributed by atoms with Gasteiger partial charge in [-0.25, -0.2) is 0 Å². The fourth-order valence-corrected chi connectivity index (χ4v) is 2.55. The summed E-state index contributed by atoms with van der Waals surface area (Å²) >= 11 is 0. The van der Waals surface area contributed by atoms with Crippen molar-refractivity contribution in [3.05, 3.63) is 35.5 Å². The Hall–Kier alpha value is -1.28. The predicted molar refractivity (Wildman–Crippen MR) is 61.1 cm³/mol. The molecule has 2 heteroatoms. The molecule has 2 aromatic rings. The van der Waals surface area contributed by atoms with Gasteiger partial charge in [-0.2, -0.15) is 0 Å². The first-order valence-corrected chi connectivity index (χ1v) is 5.49. The number of aromatic nitrogens is 1. The molecule has 1 unspecified atom stereocenters. The van der Waals surface area contributed by atoms with E-state index in [1.54, 1.807) is 7.11 Å². The van der Waals surface area contributed by atoms with E-state index in [-0.39, 0.29) is 0 Å². The minimum absolute atomic E-state index is 0.394. The summed E-state index contributed by atoms with van der Waals surface area (Å²) in [6.07, 6.45) is 3.70. The lowest BCUT2D eigenvalue weighted by Crippen LogP contribution is -2.20. The molecule has 78 valence electrons. The third-order valence-corrected chi connectivity index (χ3v) is 3.38. The van der Waals surface area contributed by atoms with Crippen LogP contribution in [0.15, 0.2) is 24.3 Å². The van der Waals surface area contributed by atoms with Crippen LogP contribution in [-0.4, -0.2) is 18.2 Å². The molecule has 15 heavy (non-hydrogen) atoms. The molecule has 0 fully saturated rings. The Labute approximate surface area is 89.3 Å². The highest BCUT2D eigenvalue weighted by Gasteiger charge is 2.21. The van der Waals surface area contributed by atoms with E-state index < -0.39 is 0 Å². The Morgan fingerprint density at radius 1 is 1.33 bits per heavy atom. The van der Waals surface area contributed by atoms with Crippen molar-refractivity contribution >= 4 is 10.9 Å². The average molecular weight is 201 g/mol. The van der Waals surface area contributed by atoms with Crippen molar-refractivity contribution in [2.24, 2.45) is 0 Å². The molecule has 1 aromatic carbocycles. The van der Waals surface area contributed by atoms with E-state index in [0.717, 1.165) is 19.3 Å². The fourth-order valence-electron chi connectivity index (χ4n) is 2.55. The second-order valence-electron chi connectivity index (χ2n) is 4.23. The maximum Gasteiger partial charge on any atom is 0.0629 e. The Morgan fingerprint density at radius 3 is 3.07 bits per heavy atom. The van der Waals surface area contributed by atoms with Crippen molar-refractivity contribution in [3.63, 3.8) is 0 Å². The number of rotatable bonds is 1. The normalized spacial score (nSPS) is 20.5. The molecule has 0 amide bonds. The molecule has 0 saturated heterocycles. The fraction of sp³-hybridized carbons (Fsp3) is 0.385. The maximum absolute atomic E-state index is 5.42. The summed E-state index contributed by atoms with van der Waals surface area (Å²) in [5.74, 6) is 0. The van der Waals surface area contributed by atoms with Crippen LogP contribution < -0.4 is 0 Å². The summed E-state index contributed by atoms with van der Waals surface area (Å²) in [6.45, 7) is 0.